The van der Waals surface area contributed by atoms with Crippen molar-refractivity contribution in [1.29, 1.82) is 0 Å². The molecule has 3 aromatic rings. The SMILES string of the molecule is Cn1c(=O)c2[nH]c(-c3cc4c(s3)C3(CCNCC3)OCC4)nc2n(C)c1=O. The fourth-order valence-corrected chi connectivity index (χ4v) is 5.54. The lowest BCUT2D eigenvalue weighted by molar-refractivity contribution is -0.0771. The van der Waals surface area contributed by atoms with Crippen LogP contribution in [0.15, 0.2) is 15.7 Å². The van der Waals surface area contributed by atoms with Crippen LogP contribution in [0, 0.1) is 0 Å². The van der Waals surface area contributed by atoms with Crippen molar-refractivity contribution < 1.29 is 4.74 Å². The Balaban J connectivity index is 1.67. The van der Waals surface area contributed by atoms with Gasteiger partial charge in [-0.3, -0.25) is 13.9 Å². The Bertz CT molecular complexity index is 1160. The van der Waals surface area contributed by atoms with Gasteiger partial charge in [-0.25, -0.2) is 9.78 Å². The first kappa shape index (κ1) is 16.9. The van der Waals surface area contributed by atoms with Crippen LogP contribution in [-0.2, 0) is 30.9 Å². The molecular weight excluding hydrogens is 366 g/mol. The zero-order chi connectivity index (χ0) is 18.8. The van der Waals surface area contributed by atoms with Gasteiger partial charge in [0.1, 0.15) is 11.1 Å². The molecule has 27 heavy (non-hydrogen) atoms. The molecule has 2 aliphatic rings. The van der Waals surface area contributed by atoms with Crippen LogP contribution < -0.4 is 16.6 Å². The topological polar surface area (TPSA) is 93.9 Å². The number of hydrogen-bond donors (Lipinski definition) is 2. The summed E-state index contributed by atoms with van der Waals surface area (Å²) >= 11 is 1.69. The number of aromatic amines is 1. The van der Waals surface area contributed by atoms with E-state index in [1.165, 1.54) is 22.1 Å². The third kappa shape index (κ3) is 2.38. The molecule has 0 amide bonds. The van der Waals surface area contributed by atoms with Crippen molar-refractivity contribution in [1.82, 2.24) is 24.4 Å². The van der Waals surface area contributed by atoms with Crippen molar-refractivity contribution in [3.05, 3.63) is 37.3 Å². The van der Waals surface area contributed by atoms with Crippen LogP contribution in [0.1, 0.15) is 23.3 Å². The molecule has 5 heterocycles. The number of hydrogen-bond acceptors (Lipinski definition) is 6. The maximum atomic E-state index is 12.4. The molecule has 2 aliphatic heterocycles. The molecule has 0 unspecified atom stereocenters. The predicted molar refractivity (Wildman–Crippen MR) is 103 cm³/mol. The van der Waals surface area contributed by atoms with E-state index in [9.17, 15) is 9.59 Å². The van der Waals surface area contributed by atoms with Crippen LogP contribution in [0.5, 0.6) is 0 Å². The summed E-state index contributed by atoms with van der Waals surface area (Å²) in [6, 6.07) is 2.16. The summed E-state index contributed by atoms with van der Waals surface area (Å²) in [6.45, 7) is 2.64. The number of fused-ring (bicyclic) bond motifs is 3. The molecule has 9 heteroatoms. The Kier molecular flexibility index (Phi) is 3.68. The number of imidazole rings is 1. The lowest BCUT2D eigenvalue weighted by Crippen LogP contribution is -2.43. The summed E-state index contributed by atoms with van der Waals surface area (Å²) in [5.74, 6) is 0.631. The van der Waals surface area contributed by atoms with E-state index in [4.69, 9.17) is 4.74 Å². The number of piperidine rings is 1. The Labute approximate surface area is 158 Å². The Morgan fingerprint density at radius 3 is 2.78 bits per heavy atom. The standard InChI is InChI=1S/C18H21N5O3S/c1-22-15-12(16(24)23(2)17(22)25)20-14(21-15)11-9-10-3-8-26-18(13(10)27-11)4-6-19-7-5-18/h9,19H,3-8H2,1-2H3,(H,20,21). The van der Waals surface area contributed by atoms with Gasteiger partial charge in [0.25, 0.3) is 5.56 Å². The van der Waals surface area contributed by atoms with E-state index in [1.54, 1.807) is 18.4 Å². The molecule has 8 nitrogen and oxygen atoms in total. The van der Waals surface area contributed by atoms with Gasteiger partial charge < -0.3 is 15.0 Å². The summed E-state index contributed by atoms with van der Waals surface area (Å²) in [5.41, 5.74) is 1.12. The van der Waals surface area contributed by atoms with E-state index in [1.807, 2.05) is 0 Å². The number of aromatic nitrogens is 4. The van der Waals surface area contributed by atoms with Gasteiger partial charge in [-0.2, -0.15) is 0 Å². The molecule has 1 fully saturated rings. The molecular formula is C18H21N5O3S. The number of nitrogens with one attached hydrogen (secondary N) is 2. The average Bonchev–Trinajstić information content (AvgIpc) is 3.31. The maximum Gasteiger partial charge on any atom is 0.332 e. The number of rotatable bonds is 1. The van der Waals surface area contributed by atoms with Crippen molar-refractivity contribution in [3.63, 3.8) is 0 Å². The molecule has 3 aromatic heterocycles. The van der Waals surface area contributed by atoms with Gasteiger partial charge in [-0.1, -0.05) is 0 Å². The van der Waals surface area contributed by atoms with Crippen LogP contribution in [0.3, 0.4) is 0 Å². The van der Waals surface area contributed by atoms with Crippen LogP contribution in [0.25, 0.3) is 21.9 Å². The number of H-pyrrole nitrogens is 1. The Morgan fingerprint density at radius 2 is 2.00 bits per heavy atom. The molecule has 0 atom stereocenters. The zero-order valence-corrected chi connectivity index (χ0v) is 16.1. The Morgan fingerprint density at radius 1 is 1.22 bits per heavy atom. The van der Waals surface area contributed by atoms with E-state index < -0.39 is 0 Å². The molecule has 0 saturated carbocycles. The van der Waals surface area contributed by atoms with Crippen LogP contribution in [0.2, 0.25) is 0 Å². The first-order chi connectivity index (χ1) is 13.0. The fourth-order valence-electron chi connectivity index (χ4n) is 4.18. The van der Waals surface area contributed by atoms with Crippen molar-refractivity contribution >= 4 is 22.5 Å². The summed E-state index contributed by atoms with van der Waals surface area (Å²) in [7, 11) is 3.11. The smallest absolute Gasteiger partial charge is 0.332 e. The highest BCUT2D eigenvalue weighted by atomic mass is 32.1. The Hall–Kier alpha value is -2.23. The van der Waals surface area contributed by atoms with Crippen molar-refractivity contribution in [2.45, 2.75) is 24.9 Å². The second-order valence-electron chi connectivity index (χ2n) is 7.30. The molecule has 0 bridgehead atoms. The van der Waals surface area contributed by atoms with Gasteiger partial charge in [-0.05, 0) is 44.0 Å². The van der Waals surface area contributed by atoms with Crippen molar-refractivity contribution in [2.24, 2.45) is 14.1 Å². The quantitative estimate of drug-likeness (QED) is 0.645. The number of ether oxygens (including phenoxy) is 1. The first-order valence-corrected chi connectivity index (χ1v) is 9.96. The minimum Gasteiger partial charge on any atom is -0.369 e. The number of nitrogens with zero attached hydrogens (tertiary/aromatic N) is 3. The van der Waals surface area contributed by atoms with Gasteiger partial charge in [0.2, 0.25) is 0 Å². The van der Waals surface area contributed by atoms with Gasteiger partial charge in [0.15, 0.2) is 11.5 Å². The molecule has 2 N–H and O–H groups in total. The molecule has 0 aliphatic carbocycles. The van der Waals surface area contributed by atoms with Gasteiger partial charge >= 0.3 is 5.69 Å². The summed E-state index contributed by atoms with van der Waals surface area (Å²) < 4.78 is 8.75. The lowest BCUT2D eigenvalue weighted by atomic mass is 9.86. The van der Waals surface area contributed by atoms with E-state index in [2.05, 4.69) is 21.4 Å². The van der Waals surface area contributed by atoms with E-state index in [-0.39, 0.29) is 16.9 Å². The first-order valence-electron chi connectivity index (χ1n) is 9.14. The van der Waals surface area contributed by atoms with Gasteiger partial charge in [-0.15, -0.1) is 11.3 Å². The average molecular weight is 387 g/mol. The van der Waals surface area contributed by atoms with Gasteiger partial charge in [0, 0.05) is 19.0 Å². The zero-order valence-electron chi connectivity index (χ0n) is 15.3. The minimum atomic E-state index is -0.377. The summed E-state index contributed by atoms with van der Waals surface area (Å²) in [5, 5.41) is 3.40. The van der Waals surface area contributed by atoms with Gasteiger partial charge in [0.05, 0.1) is 11.5 Å². The lowest BCUT2D eigenvalue weighted by Gasteiger charge is -2.40. The predicted octanol–water partition coefficient (Wildman–Crippen LogP) is 0.840. The van der Waals surface area contributed by atoms with E-state index >= 15 is 0 Å². The van der Waals surface area contributed by atoms with Crippen LogP contribution >= 0.6 is 11.3 Å². The molecule has 5 rings (SSSR count). The normalized spacial score (nSPS) is 18.9. The molecule has 142 valence electrons. The maximum absolute atomic E-state index is 12.4. The summed E-state index contributed by atoms with van der Waals surface area (Å²) in [6.07, 6.45) is 2.83. The molecule has 1 saturated heterocycles. The van der Waals surface area contributed by atoms with Crippen LogP contribution in [0.4, 0.5) is 0 Å². The van der Waals surface area contributed by atoms with Crippen molar-refractivity contribution in [3.8, 4) is 10.7 Å². The van der Waals surface area contributed by atoms with Crippen molar-refractivity contribution in [2.75, 3.05) is 19.7 Å². The fraction of sp³-hybridized carbons (Fsp3) is 0.500. The second-order valence-corrected chi connectivity index (χ2v) is 8.35. The number of aryl methyl sites for hydroxylation is 1. The highest BCUT2D eigenvalue weighted by Gasteiger charge is 2.41. The molecule has 1 spiro atoms. The van der Waals surface area contributed by atoms with E-state index in [0.717, 1.165) is 48.4 Å². The highest BCUT2D eigenvalue weighted by molar-refractivity contribution is 7.15. The van der Waals surface area contributed by atoms with Crippen LogP contribution in [-0.4, -0.2) is 38.8 Å². The summed E-state index contributed by atoms with van der Waals surface area (Å²) in [4.78, 5) is 34.6. The minimum absolute atomic E-state index is 0.198. The monoisotopic (exact) mass is 387 g/mol. The number of thiophene rings is 1. The van der Waals surface area contributed by atoms with E-state index in [0.29, 0.717) is 17.0 Å². The second kappa shape index (κ2) is 5.88. The largest absolute Gasteiger partial charge is 0.369 e. The highest BCUT2D eigenvalue weighted by Crippen LogP contribution is 2.46. The third-order valence-electron chi connectivity index (χ3n) is 5.71. The third-order valence-corrected chi connectivity index (χ3v) is 7.08. The molecule has 0 aromatic carbocycles. The molecule has 0 radical (unpaired) electrons.